The van der Waals surface area contributed by atoms with E-state index in [0.717, 1.165) is 31.7 Å². The molecule has 21 heavy (non-hydrogen) atoms. The second-order valence-electron chi connectivity index (χ2n) is 5.60. The molecule has 116 valence electrons. The Hall–Kier alpha value is -1.63. The highest BCUT2D eigenvalue weighted by molar-refractivity contribution is 5.93. The first-order valence-electron chi connectivity index (χ1n) is 7.19. The number of hydrazine groups is 1. The summed E-state index contributed by atoms with van der Waals surface area (Å²) in [5.41, 5.74) is 2.59. The standard InChI is InChI=1S/C15H23N3O3/c1-18(10-11-8-13(19)9-11)6-7-21-14-4-2-12(3-5-14)15(20)17-16/h2-5,11,13,19H,6-10,16H2,1H3,(H,17,20). The molecule has 1 amide bonds. The highest BCUT2D eigenvalue weighted by Crippen LogP contribution is 2.27. The summed E-state index contributed by atoms with van der Waals surface area (Å²) in [6.07, 6.45) is 1.73. The number of aliphatic hydroxyl groups excluding tert-OH is 1. The number of hydrogen-bond acceptors (Lipinski definition) is 5. The summed E-state index contributed by atoms with van der Waals surface area (Å²) in [5.74, 6) is 6.10. The van der Waals surface area contributed by atoms with E-state index in [-0.39, 0.29) is 12.0 Å². The van der Waals surface area contributed by atoms with Crippen molar-refractivity contribution in [1.82, 2.24) is 10.3 Å². The molecule has 0 saturated heterocycles. The van der Waals surface area contributed by atoms with Gasteiger partial charge in [0.25, 0.3) is 5.91 Å². The molecule has 0 spiro atoms. The molecule has 2 rings (SSSR count). The highest BCUT2D eigenvalue weighted by atomic mass is 16.5. The predicted molar refractivity (Wildman–Crippen MR) is 79.8 cm³/mol. The molecule has 0 aliphatic heterocycles. The van der Waals surface area contributed by atoms with Crippen molar-refractivity contribution < 1.29 is 14.6 Å². The number of benzene rings is 1. The van der Waals surface area contributed by atoms with Crippen molar-refractivity contribution in [3.8, 4) is 5.75 Å². The molecule has 1 saturated carbocycles. The third-order valence-electron chi connectivity index (χ3n) is 3.77. The summed E-state index contributed by atoms with van der Waals surface area (Å²) in [5, 5.41) is 9.26. The van der Waals surface area contributed by atoms with Crippen LogP contribution in [0.15, 0.2) is 24.3 Å². The Bertz CT molecular complexity index is 458. The van der Waals surface area contributed by atoms with Crippen LogP contribution in [0.3, 0.4) is 0 Å². The molecule has 6 nitrogen and oxygen atoms in total. The quantitative estimate of drug-likeness (QED) is 0.384. The van der Waals surface area contributed by atoms with Crippen molar-refractivity contribution in [2.45, 2.75) is 18.9 Å². The normalized spacial score (nSPS) is 21.0. The summed E-state index contributed by atoms with van der Waals surface area (Å²) >= 11 is 0. The lowest BCUT2D eigenvalue weighted by molar-refractivity contribution is 0.0269. The van der Waals surface area contributed by atoms with Crippen molar-refractivity contribution >= 4 is 5.91 Å². The van der Waals surface area contributed by atoms with Gasteiger partial charge in [-0.25, -0.2) is 5.84 Å². The predicted octanol–water partition coefficient (Wildman–Crippen LogP) is 0.372. The van der Waals surface area contributed by atoms with Crippen LogP contribution < -0.4 is 16.0 Å². The van der Waals surface area contributed by atoms with Crippen LogP contribution in [0.2, 0.25) is 0 Å². The first kappa shape index (κ1) is 15.8. The molecule has 0 unspecified atom stereocenters. The van der Waals surface area contributed by atoms with Gasteiger partial charge in [0.05, 0.1) is 6.10 Å². The first-order chi connectivity index (χ1) is 10.1. The molecule has 1 aliphatic carbocycles. The molecular formula is C15H23N3O3. The van der Waals surface area contributed by atoms with Crippen LogP contribution in [-0.4, -0.2) is 48.8 Å². The maximum atomic E-state index is 11.3. The number of carbonyl (C=O) groups excluding carboxylic acids is 1. The third-order valence-corrected chi connectivity index (χ3v) is 3.77. The maximum absolute atomic E-state index is 11.3. The van der Waals surface area contributed by atoms with E-state index in [2.05, 4.69) is 17.4 Å². The smallest absolute Gasteiger partial charge is 0.265 e. The summed E-state index contributed by atoms with van der Waals surface area (Å²) in [4.78, 5) is 13.5. The first-order valence-corrected chi connectivity index (χ1v) is 7.19. The second kappa shape index (κ2) is 7.40. The average molecular weight is 293 g/mol. The van der Waals surface area contributed by atoms with Crippen molar-refractivity contribution in [3.63, 3.8) is 0 Å². The molecule has 0 heterocycles. The zero-order valence-electron chi connectivity index (χ0n) is 12.3. The monoisotopic (exact) mass is 293 g/mol. The minimum Gasteiger partial charge on any atom is -0.492 e. The van der Waals surface area contributed by atoms with Crippen molar-refractivity contribution in [1.29, 1.82) is 0 Å². The van der Waals surface area contributed by atoms with Crippen molar-refractivity contribution in [2.24, 2.45) is 11.8 Å². The van der Waals surface area contributed by atoms with Crippen LogP contribution in [0, 0.1) is 5.92 Å². The molecule has 1 fully saturated rings. The van der Waals surface area contributed by atoms with Gasteiger partial charge in [-0.3, -0.25) is 10.2 Å². The van der Waals surface area contributed by atoms with Gasteiger partial charge in [-0.1, -0.05) is 0 Å². The lowest BCUT2D eigenvalue weighted by atomic mass is 9.82. The van der Waals surface area contributed by atoms with E-state index in [4.69, 9.17) is 10.6 Å². The van der Waals surface area contributed by atoms with Crippen LogP contribution in [0.25, 0.3) is 0 Å². The summed E-state index contributed by atoms with van der Waals surface area (Å²) in [7, 11) is 2.06. The molecule has 0 radical (unpaired) electrons. The third kappa shape index (κ3) is 4.70. The summed E-state index contributed by atoms with van der Waals surface area (Å²) in [6, 6.07) is 6.87. The zero-order valence-corrected chi connectivity index (χ0v) is 12.3. The van der Waals surface area contributed by atoms with E-state index >= 15 is 0 Å². The maximum Gasteiger partial charge on any atom is 0.265 e. The number of ether oxygens (including phenoxy) is 1. The lowest BCUT2D eigenvalue weighted by Gasteiger charge is -2.34. The average Bonchev–Trinajstić information content (AvgIpc) is 2.45. The Balaban J connectivity index is 1.67. The molecule has 0 aromatic heterocycles. The Kier molecular flexibility index (Phi) is 5.55. The molecule has 0 bridgehead atoms. The minimum atomic E-state index is -0.316. The van der Waals surface area contributed by atoms with Gasteiger partial charge in [-0.05, 0) is 50.1 Å². The molecule has 6 heteroatoms. The van der Waals surface area contributed by atoms with E-state index in [1.807, 2.05) is 0 Å². The van der Waals surface area contributed by atoms with Crippen LogP contribution in [0.1, 0.15) is 23.2 Å². The molecule has 1 aromatic carbocycles. The summed E-state index contributed by atoms with van der Waals surface area (Å²) in [6.45, 7) is 2.42. The fourth-order valence-corrected chi connectivity index (χ4v) is 2.49. The van der Waals surface area contributed by atoms with Crippen LogP contribution >= 0.6 is 0 Å². The van der Waals surface area contributed by atoms with Crippen molar-refractivity contribution in [3.05, 3.63) is 29.8 Å². The van der Waals surface area contributed by atoms with E-state index < -0.39 is 0 Å². The zero-order chi connectivity index (χ0) is 15.2. The fourth-order valence-electron chi connectivity index (χ4n) is 2.49. The van der Waals surface area contributed by atoms with Gasteiger partial charge in [0.15, 0.2) is 0 Å². The van der Waals surface area contributed by atoms with Crippen LogP contribution in [0.5, 0.6) is 5.75 Å². The number of nitrogen functional groups attached to an aromatic ring is 1. The van der Waals surface area contributed by atoms with Gasteiger partial charge in [-0.2, -0.15) is 0 Å². The molecule has 4 N–H and O–H groups in total. The molecule has 0 atom stereocenters. The lowest BCUT2D eigenvalue weighted by Crippen LogP contribution is -2.38. The number of nitrogens with one attached hydrogen (secondary N) is 1. The van der Waals surface area contributed by atoms with E-state index in [1.165, 1.54) is 0 Å². The topological polar surface area (TPSA) is 87.8 Å². The van der Waals surface area contributed by atoms with Gasteiger partial charge in [0.2, 0.25) is 0 Å². The van der Waals surface area contributed by atoms with Crippen LogP contribution in [-0.2, 0) is 0 Å². The Morgan fingerprint density at radius 2 is 2.10 bits per heavy atom. The van der Waals surface area contributed by atoms with Gasteiger partial charge >= 0.3 is 0 Å². The van der Waals surface area contributed by atoms with Gasteiger partial charge in [-0.15, -0.1) is 0 Å². The van der Waals surface area contributed by atoms with E-state index in [0.29, 0.717) is 18.1 Å². The minimum absolute atomic E-state index is 0.0936. The van der Waals surface area contributed by atoms with Crippen LogP contribution in [0.4, 0.5) is 0 Å². The fraction of sp³-hybridized carbons (Fsp3) is 0.533. The number of aliphatic hydroxyl groups is 1. The Labute approximate surface area is 124 Å². The second-order valence-corrected chi connectivity index (χ2v) is 5.60. The highest BCUT2D eigenvalue weighted by Gasteiger charge is 2.27. The van der Waals surface area contributed by atoms with Gasteiger partial charge < -0.3 is 14.7 Å². The van der Waals surface area contributed by atoms with E-state index in [1.54, 1.807) is 24.3 Å². The number of hydrogen-bond donors (Lipinski definition) is 3. The molecule has 1 aliphatic rings. The summed E-state index contributed by atoms with van der Waals surface area (Å²) < 4.78 is 5.65. The number of nitrogens with two attached hydrogens (primary N) is 1. The van der Waals surface area contributed by atoms with E-state index in [9.17, 15) is 9.90 Å². The van der Waals surface area contributed by atoms with Gasteiger partial charge in [0.1, 0.15) is 12.4 Å². The SMILES string of the molecule is CN(CCOc1ccc(C(=O)NN)cc1)CC1CC(O)C1. The number of likely N-dealkylation sites (N-methyl/N-ethyl adjacent to an activating group) is 1. The number of carbonyl (C=O) groups is 1. The van der Waals surface area contributed by atoms with Gasteiger partial charge in [0, 0.05) is 18.7 Å². The molecule has 1 aromatic rings. The molecular weight excluding hydrogens is 270 g/mol. The number of nitrogens with zero attached hydrogens (tertiary/aromatic N) is 1. The number of rotatable bonds is 7. The Morgan fingerprint density at radius 1 is 1.43 bits per heavy atom. The number of amides is 1. The van der Waals surface area contributed by atoms with Crippen molar-refractivity contribution in [2.75, 3.05) is 26.7 Å². The largest absolute Gasteiger partial charge is 0.492 e. The Morgan fingerprint density at radius 3 is 2.67 bits per heavy atom.